The van der Waals surface area contributed by atoms with E-state index in [0.29, 0.717) is 24.7 Å². The molecule has 138 valence electrons. The molecule has 0 aliphatic carbocycles. The molecule has 0 aliphatic heterocycles. The Balaban J connectivity index is 1.86. The van der Waals surface area contributed by atoms with Gasteiger partial charge in [0.05, 0.1) is 7.11 Å². The number of halogens is 1. The first kappa shape index (κ1) is 19.8. The first-order valence-electron chi connectivity index (χ1n) is 8.38. The smallest absolute Gasteiger partial charge is 0.222 e. The van der Waals surface area contributed by atoms with Crippen molar-refractivity contribution in [3.8, 4) is 5.75 Å². The molecule has 6 heteroatoms. The number of para-hydroxylation sites is 1. The van der Waals surface area contributed by atoms with Gasteiger partial charge in [-0.2, -0.15) is 0 Å². The highest BCUT2D eigenvalue weighted by molar-refractivity contribution is 6.30. The topological polar surface area (TPSA) is 58.6 Å². The molecule has 0 fully saturated rings. The fourth-order valence-corrected chi connectivity index (χ4v) is 2.64. The number of nitrogens with zero attached hydrogens (tertiary/aromatic N) is 1. The summed E-state index contributed by atoms with van der Waals surface area (Å²) >= 11 is 5.84. The van der Waals surface area contributed by atoms with Gasteiger partial charge in [-0.1, -0.05) is 41.9 Å². The molecule has 26 heavy (non-hydrogen) atoms. The van der Waals surface area contributed by atoms with Crippen LogP contribution in [0, 0.1) is 0 Å². The first-order valence-corrected chi connectivity index (χ1v) is 8.76. The molecule has 2 amide bonds. The standard InChI is InChI=1S/C20H23ClN2O3/c1-15(24)23(14-17-5-3-4-6-19(17)26-2)12-11-20(25)22-13-16-7-9-18(21)10-8-16/h3-10H,11-14H2,1-2H3,(H,22,25). The monoisotopic (exact) mass is 374 g/mol. The van der Waals surface area contributed by atoms with Crippen LogP contribution in [0.5, 0.6) is 5.75 Å². The fraction of sp³-hybridized carbons (Fsp3) is 0.300. The second-order valence-electron chi connectivity index (χ2n) is 5.91. The van der Waals surface area contributed by atoms with Crippen molar-refractivity contribution >= 4 is 23.4 Å². The van der Waals surface area contributed by atoms with E-state index in [0.717, 1.165) is 16.9 Å². The largest absolute Gasteiger partial charge is 0.496 e. The molecule has 0 atom stereocenters. The SMILES string of the molecule is COc1ccccc1CN(CCC(=O)NCc1ccc(Cl)cc1)C(C)=O. The van der Waals surface area contributed by atoms with Gasteiger partial charge < -0.3 is 15.0 Å². The Labute approximate surface area is 158 Å². The zero-order valence-corrected chi connectivity index (χ0v) is 15.8. The van der Waals surface area contributed by atoms with Gasteiger partial charge in [-0.3, -0.25) is 9.59 Å². The lowest BCUT2D eigenvalue weighted by atomic mass is 10.2. The summed E-state index contributed by atoms with van der Waals surface area (Å²) in [5.41, 5.74) is 1.88. The van der Waals surface area contributed by atoms with Crippen molar-refractivity contribution in [3.05, 3.63) is 64.7 Å². The third-order valence-electron chi connectivity index (χ3n) is 4.01. The lowest BCUT2D eigenvalue weighted by molar-refractivity contribution is -0.130. The van der Waals surface area contributed by atoms with Gasteiger partial charge in [0.2, 0.25) is 11.8 Å². The van der Waals surface area contributed by atoms with Gasteiger partial charge in [0.15, 0.2) is 0 Å². The van der Waals surface area contributed by atoms with Crippen molar-refractivity contribution < 1.29 is 14.3 Å². The second-order valence-corrected chi connectivity index (χ2v) is 6.34. The fourth-order valence-electron chi connectivity index (χ4n) is 2.51. The zero-order valence-electron chi connectivity index (χ0n) is 15.0. The molecule has 0 aliphatic rings. The number of ether oxygens (including phenoxy) is 1. The van der Waals surface area contributed by atoms with E-state index in [-0.39, 0.29) is 18.2 Å². The van der Waals surface area contributed by atoms with Gasteiger partial charge in [-0.15, -0.1) is 0 Å². The van der Waals surface area contributed by atoms with E-state index in [9.17, 15) is 9.59 Å². The molecule has 1 N–H and O–H groups in total. The van der Waals surface area contributed by atoms with Gasteiger partial charge in [0.1, 0.15) is 5.75 Å². The van der Waals surface area contributed by atoms with E-state index >= 15 is 0 Å². The highest BCUT2D eigenvalue weighted by Crippen LogP contribution is 2.19. The van der Waals surface area contributed by atoms with Gasteiger partial charge in [0.25, 0.3) is 0 Å². The first-order chi connectivity index (χ1) is 12.5. The molecule has 0 bridgehead atoms. The van der Waals surface area contributed by atoms with Crippen LogP contribution in [0.4, 0.5) is 0 Å². The summed E-state index contributed by atoms with van der Waals surface area (Å²) in [7, 11) is 1.60. The van der Waals surface area contributed by atoms with E-state index in [4.69, 9.17) is 16.3 Å². The highest BCUT2D eigenvalue weighted by Gasteiger charge is 2.14. The van der Waals surface area contributed by atoms with Crippen molar-refractivity contribution in [2.45, 2.75) is 26.4 Å². The molecule has 5 nitrogen and oxygen atoms in total. The number of methoxy groups -OCH3 is 1. The Hall–Kier alpha value is -2.53. The van der Waals surface area contributed by atoms with E-state index in [2.05, 4.69) is 5.32 Å². The Kier molecular flexibility index (Phi) is 7.48. The highest BCUT2D eigenvalue weighted by atomic mass is 35.5. The van der Waals surface area contributed by atoms with E-state index < -0.39 is 0 Å². The van der Waals surface area contributed by atoms with Gasteiger partial charge in [0, 0.05) is 43.6 Å². The third-order valence-corrected chi connectivity index (χ3v) is 4.26. The van der Waals surface area contributed by atoms with E-state index in [1.165, 1.54) is 6.92 Å². The predicted octanol–water partition coefficient (Wildman–Crippen LogP) is 3.40. The van der Waals surface area contributed by atoms with Crippen molar-refractivity contribution in [2.24, 2.45) is 0 Å². The van der Waals surface area contributed by atoms with E-state index in [1.807, 2.05) is 36.4 Å². The summed E-state index contributed by atoms with van der Waals surface area (Å²) in [6.45, 7) is 2.69. The number of rotatable bonds is 8. The van der Waals surface area contributed by atoms with Crippen LogP contribution >= 0.6 is 11.6 Å². The summed E-state index contributed by atoms with van der Waals surface area (Å²) in [6, 6.07) is 14.8. The van der Waals surface area contributed by atoms with Gasteiger partial charge in [-0.05, 0) is 23.8 Å². The van der Waals surface area contributed by atoms with Crippen LogP contribution in [0.25, 0.3) is 0 Å². The van der Waals surface area contributed by atoms with Crippen LogP contribution in [0.1, 0.15) is 24.5 Å². The third kappa shape index (κ3) is 6.08. The summed E-state index contributed by atoms with van der Waals surface area (Å²) in [6.07, 6.45) is 0.238. The van der Waals surface area contributed by atoms with Crippen molar-refractivity contribution in [1.82, 2.24) is 10.2 Å². The molecule has 0 aromatic heterocycles. The number of hydrogen-bond donors (Lipinski definition) is 1. The average Bonchev–Trinajstić information content (AvgIpc) is 2.64. The quantitative estimate of drug-likeness (QED) is 0.770. The summed E-state index contributed by atoms with van der Waals surface area (Å²) in [4.78, 5) is 25.6. The summed E-state index contributed by atoms with van der Waals surface area (Å²) < 4.78 is 5.32. The summed E-state index contributed by atoms with van der Waals surface area (Å²) in [5.74, 6) is 0.540. The molecular formula is C20H23ClN2O3. The number of carbonyl (C=O) groups excluding carboxylic acids is 2. The van der Waals surface area contributed by atoms with Crippen molar-refractivity contribution in [1.29, 1.82) is 0 Å². The molecule has 2 aromatic carbocycles. The van der Waals surface area contributed by atoms with Gasteiger partial charge in [-0.25, -0.2) is 0 Å². The number of carbonyl (C=O) groups is 2. The predicted molar refractivity (Wildman–Crippen MR) is 102 cm³/mol. The van der Waals surface area contributed by atoms with Crippen LogP contribution in [0.3, 0.4) is 0 Å². The van der Waals surface area contributed by atoms with E-state index in [1.54, 1.807) is 24.1 Å². The average molecular weight is 375 g/mol. The lowest BCUT2D eigenvalue weighted by Crippen LogP contribution is -2.33. The normalized spacial score (nSPS) is 10.3. The lowest BCUT2D eigenvalue weighted by Gasteiger charge is -2.22. The second kappa shape index (κ2) is 9.82. The van der Waals surface area contributed by atoms with Crippen molar-refractivity contribution in [2.75, 3.05) is 13.7 Å². The number of benzene rings is 2. The molecule has 0 saturated carbocycles. The molecule has 0 radical (unpaired) electrons. The maximum Gasteiger partial charge on any atom is 0.222 e. The molecule has 0 unspecified atom stereocenters. The summed E-state index contributed by atoms with van der Waals surface area (Å²) in [5, 5.41) is 3.52. The molecule has 0 heterocycles. The Morgan fingerprint density at radius 3 is 2.46 bits per heavy atom. The minimum Gasteiger partial charge on any atom is -0.496 e. The minimum atomic E-state index is -0.105. The molecule has 2 aromatic rings. The van der Waals surface area contributed by atoms with Crippen LogP contribution < -0.4 is 10.1 Å². The van der Waals surface area contributed by atoms with Crippen LogP contribution in [0.2, 0.25) is 5.02 Å². The number of hydrogen-bond acceptors (Lipinski definition) is 3. The molecule has 0 saturated heterocycles. The van der Waals surface area contributed by atoms with Crippen molar-refractivity contribution in [3.63, 3.8) is 0 Å². The maximum atomic E-state index is 12.1. The van der Waals surface area contributed by atoms with Gasteiger partial charge >= 0.3 is 0 Å². The zero-order chi connectivity index (χ0) is 18.9. The Bertz CT molecular complexity index is 747. The molecule has 0 spiro atoms. The number of amides is 2. The number of nitrogens with one attached hydrogen (secondary N) is 1. The van der Waals surface area contributed by atoms with Crippen LogP contribution in [-0.4, -0.2) is 30.4 Å². The maximum absolute atomic E-state index is 12.1. The van der Waals surface area contributed by atoms with Crippen LogP contribution in [-0.2, 0) is 22.7 Å². The minimum absolute atomic E-state index is 0.0820. The van der Waals surface area contributed by atoms with Crippen LogP contribution in [0.15, 0.2) is 48.5 Å². The molecular weight excluding hydrogens is 352 g/mol. The Morgan fingerprint density at radius 1 is 1.12 bits per heavy atom. The molecule has 2 rings (SSSR count). The Morgan fingerprint density at radius 2 is 1.81 bits per heavy atom.